The Balaban J connectivity index is 1.18. The smallest absolute Gasteiger partial charge is 0.345 e. The summed E-state index contributed by atoms with van der Waals surface area (Å²) in [4.78, 5) is 17.2. The molecule has 6 nitrogen and oxygen atoms in total. The van der Waals surface area contributed by atoms with Crippen molar-refractivity contribution in [3.63, 3.8) is 0 Å². The van der Waals surface area contributed by atoms with Crippen LogP contribution in [0.1, 0.15) is 16.7 Å². The summed E-state index contributed by atoms with van der Waals surface area (Å²) in [6.45, 7) is 6.64. The fourth-order valence-corrected chi connectivity index (χ4v) is 3.79. The molecule has 4 aromatic carbocycles. The first kappa shape index (κ1) is 26.5. The molecule has 2 N–H and O–H groups in total. The minimum atomic E-state index is -1.01. The molecule has 1 atom stereocenters. The molecule has 0 heterocycles. The van der Waals surface area contributed by atoms with Crippen molar-refractivity contribution in [2.75, 3.05) is 13.2 Å². The van der Waals surface area contributed by atoms with Crippen LogP contribution in [0.2, 0.25) is 0 Å². The summed E-state index contributed by atoms with van der Waals surface area (Å²) in [7, 11) is 0. The normalized spacial score (nSPS) is 11.4. The number of aryl methyl sites for hydroxylation is 1. The molecule has 6 heteroatoms. The number of nitrogens with one attached hydrogen (secondary N) is 1. The standard InChI is InChI=1S/C32H31NO5/c1-23-8-16-30(17-9-23)38-31(32(34)35)22-25-10-18-29(19-11-25)36-20-21-37-33-24(2)26-12-14-28(15-13-26)27-6-4-3-5-7-27/h3-19,31,33H,2,20-22H2,1H3,(H,34,35). The Morgan fingerprint density at radius 1 is 0.816 bits per heavy atom. The van der Waals surface area contributed by atoms with Crippen molar-refractivity contribution in [2.24, 2.45) is 0 Å². The quantitative estimate of drug-likeness (QED) is 0.163. The van der Waals surface area contributed by atoms with Crippen LogP contribution in [0.15, 0.2) is 110 Å². The monoisotopic (exact) mass is 509 g/mol. The van der Waals surface area contributed by atoms with Gasteiger partial charge in [-0.25, -0.2) is 4.79 Å². The summed E-state index contributed by atoms with van der Waals surface area (Å²) < 4.78 is 11.4. The maximum absolute atomic E-state index is 11.7. The number of benzene rings is 4. The highest BCUT2D eigenvalue weighted by atomic mass is 16.7. The highest BCUT2D eigenvalue weighted by molar-refractivity contribution is 5.73. The Morgan fingerprint density at radius 2 is 1.45 bits per heavy atom. The lowest BCUT2D eigenvalue weighted by atomic mass is 10.0. The summed E-state index contributed by atoms with van der Waals surface area (Å²) in [5.74, 6) is 0.187. The van der Waals surface area contributed by atoms with Gasteiger partial charge < -0.3 is 14.6 Å². The van der Waals surface area contributed by atoms with Gasteiger partial charge in [0.1, 0.15) is 24.7 Å². The lowest BCUT2D eigenvalue weighted by molar-refractivity contribution is -0.145. The predicted molar refractivity (Wildman–Crippen MR) is 149 cm³/mol. The van der Waals surface area contributed by atoms with Gasteiger partial charge in [-0.3, -0.25) is 10.3 Å². The van der Waals surface area contributed by atoms with Gasteiger partial charge in [0.15, 0.2) is 6.10 Å². The van der Waals surface area contributed by atoms with Crippen molar-refractivity contribution in [1.29, 1.82) is 0 Å². The van der Waals surface area contributed by atoms with Gasteiger partial charge in [0.05, 0.1) is 5.70 Å². The van der Waals surface area contributed by atoms with E-state index in [0.717, 1.165) is 27.8 Å². The van der Waals surface area contributed by atoms with Gasteiger partial charge >= 0.3 is 5.97 Å². The van der Waals surface area contributed by atoms with Gasteiger partial charge in [-0.15, -0.1) is 0 Å². The maximum atomic E-state index is 11.7. The average molecular weight is 510 g/mol. The zero-order valence-corrected chi connectivity index (χ0v) is 21.3. The minimum Gasteiger partial charge on any atom is -0.491 e. The maximum Gasteiger partial charge on any atom is 0.345 e. The molecule has 0 radical (unpaired) electrons. The van der Waals surface area contributed by atoms with Crippen LogP contribution in [0.3, 0.4) is 0 Å². The number of carbonyl (C=O) groups is 1. The van der Waals surface area contributed by atoms with Gasteiger partial charge in [-0.2, -0.15) is 0 Å². The van der Waals surface area contributed by atoms with Crippen LogP contribution < -0.4 is 15.0 Å². The second-order valence-corrected chi connectivity index (χ2v) is 8.83. The van der Waals surface area contributed by atoms with Crippen molar-refractivity contribution < 1.29 is 24.2 Å². The van der Waals surface area contributed by atoms with E-state index in [4.69, 9.17) is 14.3 Å². The predicted octanol–water partition coefficient (Wildman–Crippen LogP) is 6.31. The molecule has 0 aliphatic rings. The Hall–Kier alpha value is -4.55. The third kappa shape index (κ3) is 7.72. The highest BCUT2D eigenvalue weighted by Crippen LogP contribution is 2.21. The first-order valence-corrected chi connectivity index (χ1v) is 12.4. The number of hydrogen-bond acceptors (Lipinski definition) is 5. The van der Waals surface area contributed by atoms with Crippen molar-refractivity contribution in [3.05, 3.63) is 126 Å². The highest BCUT2D eigenvalue weighted by Gasteiger charge is 2.20. The number of hydrogen-bond donors (Lipinski definition) is 2. The topological polar surface area (TPSA) is 77.0 Å². The molecule has 0 aliphatic heterocycles. The third-order valence-electron chi connectivity index (χ3n) is 5.91. The lowest BCUT2D eigenvalue weighted by Gasteiger charge is -2.16. The van der Waals surface area contributed by atoms with Crippen LogP contribution in [0, 0.1) is 6.92 Å². The van der Waals surface area contributed by atoms with Gasteiger partial charge in [-0.05, 0) is 53.4 Å². The second kappa shape index (κ2) is 13.1. The molecule has 0 aromatic heterocycles. The van der Waals surface area contributed by atoms with Crippen molar-refractivity contribution >= 4 is 11.7 Å². The molecular formula is C32H31NO5. The summed E-state index contributed by atoms with van der Waals surface area (Å²) >= 11 is 0. The van der Waals surface area contributed by atoms with Crippen molar-refractivity contribution in [2.45, 2.75) is 19.4 Å². The molecule has 0 aliphatic carbocycles. The van der Waals surface area contributed by atoms with E-state index in [1.165, 1.54) is 0 Å². The van der Waals surface area contributed by atoms with Crippen LogP contribution in [-0.2, 0) is 16.1 Å². The van der Waals surface area contributed by atoms with Crippen molar-refractivity contribution in [1.82, 2.24) is 5.48 Å². The van der Waals surface area contributed by atoms with E-state index in [1.54, 1.807) is 24.3 Å². The minimum absolute atomic E-state index is 0.241. The van der Waals surface area contributed by atoms with Gasteiger partial charge in [0.25, 0.3) is 0 Å². The van der Waals surface area contributed by atoms with E-state index >= 15 is 0 Å². The molecule has 0 spiro atoms. The zero-order valence-electron chi connectivity index (χ0n) is 21.3. The molecular weight excluding hydrogens is 478 g/mol. The number of hydroxylamine groups is 1. The molecule has 4 rings (SSSR count). The fourth-order valence-electron chi connectivity index (χ4n) is 3.79. The van der Waals surface area contributed by atoms with E-state index in [1.807, 2.05) is 61.5 Å². The van der Waals surface area contributed by atoms with E-state index in [9.17, 15) is 9.90 Å². The van der Waals surface area contributed by atoms with E-state index in [0.29, 0.717) is 30.4 Å². The number of rotatable bonds is 13. The first-order chi connectivity index (χ1) is 18.5. The fraction of sp³-hybridized carbons (Fsp3) is 0.156. The molecule has 1 unspecified atom stereocenters. The SMILES string of the molecule is C=C(NOCCOc1ccc(CC(Oc2ccc(C)cc2)C(=O)O)cc1)c1ccc(-c2ccccc2)cc1. The molecule has 194 valence electrons. The van der Waals surface area contributed by atoms with E-state index in [2.05, 4.69) is 36.3 Å². The summed E-state index contributed by atoms with van der Waals surface area (Å²) in [6.07, 6.45) is -0.739. The molecule has 0 bridgehead atoms. The van der Waals surface area contributed by atoms with Gasteiger partial charge in [0.2, 0.25) is 0 Å². The number of carboxylic acid groups (broad SMARTS) is 1. The summed E-state index contributed by atoms with van der Waals surface area (Å²) in [6, 6.07) is 32.9. The van der Waals surface area contributed by atoms with Crippen LogP contribution in [0.25, 0.3) is 16.8 Å². The van der Waals surface area contributed by atoms with Crippen LogP contribution in [-0.4, -0.2) is 30.4 Å². The van der Waals surface area contributed by atoms with E-state index in [-0.39, 0.29) is 6.42 Å². The lowest BCUT2D eigenvalue weighted by Crippen LogP contribution is -2.29. The third-order valence-corrected chi connectivity index (χ3v) is 5.91. The van der Waals surface area contributed by atoms with Crippen LogP contribution in [0.5, 0.6) is 11.5 Å². The largest absolute Gasteiger partial charge is 0.491 e. The number of ether oxygens (including phenoxy) is 2. The average Bonchev–Trinajstić information content (AvgIpc) is 2.95. The summed E-state index contributed by atoms with van der Waals surface area (Å²) in [5.41, 5.74) is 8.69. The first-order valence-electron chi connectivity index (χ1n) is 12.4. The Bertz CT molecular complexity index is 1320. The number of aliphatic carboxylic acids is 1. The number of carboxylic acids is 1. The van der Waals surface area contributed by atoms with Gasteiger partial charge in [0, 0.05) is 6.42 Å². The van der Waals surface area contributed by atoms with E-state index < -0.39 is 12.1 Å². The Labute approximate surface area is 223 Å². The van der Waals surface area contributed by atoms with Crippen LogP contribution in [0.4, 0.5) is 0 Å². The second-order valence-electron chi connectivity index (χ2n) is 8.83. The Morgan fingerprint density at radius 3 is 2.11 bits per heavy atom. The molecule has 4 aromatic rings. The molecule has 0 amide bonds. The zero-order chi connectivity index (χ0) is 26.7. The molecule has 0 saturated carbocycles. The molecule has 0 saturated heterocycles. The Kier molecular flexibility index (Phi) is 9.16. The van der Waals surface area contributed by atoms with Crippen molar-refractivity contribution in [3.8, 4) is 22.6 Å². The molecule has 0 fully saturated rings. The molecule has 38 heavy (non-hydrogen) atoms. The summed E-state index contributed by atoms with van der Waals surface area (Å²) in [5, 5.41) is 9.57. The van der Waals surface area contributed by atoms with Gasteiger partial charge in [-0.1, -0.05) is 91.0 Å². The van der Waals surface area contributed by atoms with Crippen LogP contribution >= 0.6 is 0 Å².